The number of nitrogens with one attached hydrogen (secondary N) is 2. The summed E-state index contributed by atoms with van der Waals surface area (Å²) in [5.74, 6) is 0. The van der Waals surface area contributed by atoms with E-state index >= 15 is 0 Å². The van der Waals surface area contributed by atoms with Gasteiger partial charge in [-0.3, -0.25) is 0 Å². The Morgan fingerprint density at radius 1 is 1.33 bits per heavy atom. The SMILES string of the molecule is CC(CCCN(C)C)NC1CCNCC1. The van der Waals surface area contributed by atoms with Crippen LogP contribution in [0.2, 0.25) is 0 Å². The van der Waals surface area contributed by atoms with E-state index in [9.17, 15) is 0 Å². The zero-order valence-corrected chi connectivity index (χ0v) is 10.6. The van der Waals surface area contributed by atoms with E-state index in [1.165, 1.54) is 45.3 Å². The third-order valence-corrected chi connectivity index (χ3v) is 3.10. The van der Waals surface area contributed by atoms with Gasteiger partial charge >= 0.3 is 0 Å². The Hall–Kier alpha value is -0.120. The molecule has 0 radical (unpaired) electrons. The summed E-state index contributed by atoms with van der Waals surface area (Å²) in [5, 5.41) is 7.13. The predicted octanol–water partition coefficient (Wildman–Crippen LogP) is 1.06. The number of hydrogen-bond acceptors (Lipinski definition) is 3. The summed E-state index contributed by atoms with van der Waals surface area (Å²) in [6.07, 6.45) is 5.17. The summed E-state index contributed by atoms with van der Waals surface area (Å²) in [6, 6.07) is 1.42. The molecule has 1 fully saturated rings. The van der Waals surface area contributed by atoms with E-state index in [2.05, 4.69) is 36.6 Å². The molecule has 1 atom stereocenters. The molecule has 1 saturated heterocycles. The van der Waals surface area contributed by atoms with Crippen molar-refractivity contribution in [1.29, 1.82) is 0 Å². The van der Waals surface area contributed by atoms with Gasteiger partial charge in [0.1, 0.15) is 0 Å². The first-order chi connectivity index (χ1) is 7.18. The van der Waals surface area contributed by atoms with Crippen molar-refractivity contribution in [2.45, 2.75) is 44.7 Å². The van der Waals surface area contributed by atoms with E-state index in [1.807, 2.05) is 0 Å². The fourth-order valence-corrected chi connectivity index (χ4v) is 2.19. The van der Waals surface area contributed by atoms with Crippen LogP contribution < -0.4 is 10.6 Å². The minimum atomic E-state index is 0.674. The standard InChI is InChI=1S/C12H27N3/c1-11(5-4-10-15(2)3)14-12-6-8-13-9-7-12/h11-14H,4-10H2,1-3H3. The molecule has 0 aliphatic carbocycles. The summed E-state index contributed by atoms with van der Waals surface area (Å²) in [6.45, 7) is 5.89. The fraction of sp³-hybridized carbons (Fsp3) is 1.00. The molecule has 1 aliphatic rings. The van der Waals surface area contributed by atoms with Gasteiger partial charge in [-0.15, -0.1) is 0 Å². The molecule has 1 aliphatic heterocycles. The molecule has 2 N–H and O–H groups in total. The lowest BCUT2D eigenvalue weighted by atomic mass is 10.0. The largest absolute Gasteiger partial charge is 0.317 e. The Kier molecular flexibility index (Phi) is 6.22. The van der Waals surface area contributed by atoms with Crippen LogP contribution in [-0.2, 0) is 0 Å². The van der Waals surface area contributed by atoms with Crippen molar-refractivity contribution in [2.75, 3.05) is 33.7 Å². The van der Waals surface area contributed by atoms with Crippen LogP contribution in [0.25, 0.3) is 0 Å². The lowest BCUT2D eigenvalue weighted by Crippen LogP contribution is -2.43. The van der Waals surface area contributed by atoms with Gasteiger partial charge < -0.3 is 15.5 Å². The molecule has 3 nitrogen and oxygen atoms in total. The zero-order valence-electron chi connectivity index (χ0n) is 10.6. The van der Waals surface area contributed by atoms with E-state index in [1.54, 1.807) is 0 Å². The molecule has 0 amide bonds. The first-order valence-corrected chi connectivity index (χ1v) is 6.30. The normalized spacial score (nSPS) is 20.8. The molecular formula is C12H27N3. The second kappa shape index (κ2) is 7.20. The van der Waals surface area contributed by atoms with Crippen molar-refractivity contribution in [3.63, 3.8) is 0 Å². The Balaban J connectivity index is 2.03. The van der Waals surface area contributed by atoms with Gasteiger partial charge in [-0.2, -0.15) is 0 Å². The Labute approximate surface area is 94.6 Å². The Morgan fingerprint density at radius 2 is 2.00 bits per heavy atom. The highest BCUT2D eigenvalue weighted by Crippen LogP contribution is 2.06. The van der Waals surface area contributed by atoms with Crippen molar-refractivity contribution >= 4 is 0 Å². The highest BCUT2D eigenvalue weighted by molar-refractivity contribution is 4.77. The number of hydrogen-bond donors (Lipinski definition) is 2. The van der Waals surface area contributed by atoms with Gasteiger partial charge in [0.2, 0.25) is 0 Å². The minimum Gasteiger partial charge on any atom is -0.317 e. The van der Waals surface area contributed by atoms with E-state index < -0.39 is 0 Å². The molecule has 0 aromatic carbocycles. The highest BCUT2D eigenvalue weighted by atomic mass is 15.0. The van der Waals surface area contributed by atoms with Crippen molar-refractivity contribution < 1.29 is 0 Å². The maximum Gasteiger partial charge on any atom is 0.00937 e. The first kappa shape index (κ1) is 12.9. The average molecular weight is 213 g/mol. The van der Waals surface area contributed by atoms with Gasteiger partial charge in [-0.05, 0) is 66.3 Å². The quantitative estimate of drug-likeness (QED) is 0.691. The summed E-state index contributed by atoms with van der Waals surface area (Å²) in [7, 11) is 4.29. The molecule has 0 aromatic heterocycles. The molecule has 0 spiro atoms. The van der Waals surface area contributed by atoms with Crippen molar-refractivity contribution in [3.05, 3.63) is 0 Å². The molecule has 90 valence electrons. The van der Waals surface area contributed by atoms with Crippen LogP contribution in [-0.4, -0.2) is 50.7 Å². The predicted molar refractivity (Wildman–Crippen MR) is 66.3 cm³/mol. The average Bonchev–Trinajstić information content (AvgIpc) is 2.18. The van der Waals surface area contributed by atoms with Crippen LogP contribution in [0, 0.1) is 0 Å². The second-order valence-electron chi connectivity index (χ2n) is 5.04. The molecule has 15 heavy (non-hydrogen) atoms. The van der Waals surface area contributed by atoms with Crippen molar-refractivity contribution in [3.8, 4) is 0 Å². The number of rotatable bonds is 6. The Morgan fingerprint density at radius 3 is 2.60 bits per heavy atom. The minimum absolute atomic E-state index is 0.674. The van der Waals surface area contributed by atoms with Gasteiger partial charge in [-0.1, -0.05) is 0 Å². The lowest BCUT2D eigenvalue weighted by Gasteiger charge is -2.27. The maximum absolute atomic E-state index is 3.73. The van der Waals surface area contributed by atoms with Crippen molar-refractivity contribution in [1.82, 2.24) is 15.5 Å². The molecule has 1 heterocycles. The summed E-state index contributed by atoms with van der Waals surface area (Å²) in [5.41, 5.74) is 0. The number of piperidine rings is 1. The second-order valence-corrected chi connectivity index (χ2v) is 5.04. The van der Waals surface area contributed by atoms with Crippen LogP contribution in [0.3, 0.4) is 0 Å². The van der Waals surface area contributed by atoms with Crippen LogP contribution in [0.5, 0.6) is 0 Å². The van der Waals surface area contributed by atoms with E-state index in [0.29, 0.717) is 6.04 Å². The first-order valence-electron chi connectivity index (χ1n) is 6.30. The summed E-state index contributed by atoms with van der Waals surface area (Å²) >= 11 is 0. The molecule has 0 bridgehead atoms. The molecule has 1 rings (SSSR count). The molecule has 3 heteroatoms. The third kappa shape index (κ3) is 6.13. The van der Waals surface area contributed by atoms with Crippen molar-refractivity contribution in [2.24, 2.45) is 0 Å². The third-order valence-electron chi connectivity index (χ3n) is 3.10. The van der Waals surface area contributed by atoms with Crippen LogP contribution in [0.15, 0.2) is 0 Å². The topological polar surface area (TPSA) is 27.3 Å². The van der Waals surface area contributed by atoms with Gasteiger partial charge in [0.15, 0.2) is 0 Å². The summed E-state index contributed by atoms with van der Waals surface area (Å²) < 4.78 is 0. The van der Waals surface area contributed by atoms with E-state index in [0.717, 1.165) is 6.04 Å². The monoisotopic (exact) mass is 213 g/mol. The summed E-state index contributed by atoms with van der Waals surface area (Å²) in [4.78, 5) is 2.26. The van der Waals surface area contributed by atoms with Gasteiger partial charge in [0.05, 0.1) is 0 Å². The van der Waals surface area contributed by atoms with Crippen LogP contribution in [0.4, 0.5) is 0 Å². The zero-order chi connectivity index (χ0) is 11.1. The van der Waals surface area contributed by atoms with Gasteiger partial charge in [0.25, 0.3) is 0 Å². The van der Waals surface area contributed by atoms with Gasteiger partial charge in [-0.25, -0.2) is 0 Å². The molecular weight excluding hydrogens is 186 g/mol. The number of nitrogens with zero attached hydrogens (tertiary/aromatic N) is 1. The Bertz CT molecular complexity index is 153. The van der Waals surface area contributed by atoms with Crippen LogP contribution in [0.1, 0.15) is 32.6 Å². The molecule has 0 aromatic rings. The lowest BCUT2D eigenvalue weighted by molar-refractivity contribution is 0.329. The van der Waals surface area contributed by atoms with Gasteiger partial charge in [0, 0.05) is 12.1 Å². The maximum atomic E-state index is 3.73. The molecule has 1 unspecified atom stereocenters. The smallest absolute Gasteiger partial charge is 0.00937 e. The van der Waals surface area contributed by atoms with E-state index in [4.69, 9.17) is 0 Å². The highest BCUT2D eigenvalue weighted by Gasteiger charge is 2.14. The van der Waals surface area contributed by atoms with E-state index in [-0.39, 0.29) is 0 Å². The van der Waals surface area contributed by atoms with Crippen LogP contribution >= 0.6 is 0 Å². The molecule has 0 saturated carbocycles. The fourth-order valence-electron chi connectivity index (χ4n) is 2.19.